The average molecular weight is 628 g/mol. The van der Waals surface area contributed by atoms with Crippen LogP contribution in [0.2, 0.25) is 0 Å². The first kappa shape index (κ1) is 30.5. The zero-order chi connectivity index (χ0) is 30.4. The number of carbonyl (C=O) groups excluding carboxylic acids is 1. The Kier molecular flexibility index (Phi) is 9.65. The van der Waals surface area contributed by atoms with E-state index < -0.39 is 21.0 Å². The molecule has 43 heavy (non-hydrogen) atoms. The highest BCUT2D eigenvalue weighted by molar-refractivity contribution is 7.92. The van der Waals surface area contributed by atoms with Crippen molar-refractivity contribution in [3.63, 3.8) is 0 Å². The number of carbonyl (C=O) groups is 1. The molecular formula is C28H33N7O6S2. The number of oxime groups is 1. The Morgan fingerprint density at radius 3 is 2.70 bits per heavy atom. The van der Waals surface area contributed by atoms with E-state index in [1.54, 1.807) is 36.1 Å². The SMILES string of the molecule is CN(C)CCCOc1ccc2nc(NC(=O)C(=NOCc3ccn(C)n3)c3ccc(S(=O)(=O)[C@H]4CCOC4)cc3)sc2n1. The normalized spacial score (nSPS) is 15.7. The van der Waals surface area contributed by atoms with Gasteiger partial charge in [0, 0.05) is 38.0 Å². The Hall–Kier alpha value is -3.92. The molecular weight excluding hydrogens is 594 g/mol. The number of pyridine rings is 1. The molecule has 1 aliphatic heterocycles. The number of amides is 1. The second-order valence-corrected chi connectivity index (χ2v) is 13.4. The van der Waals surface area contributed by atoms with Gasteiger partial charge in [-0.15, -0.1) is 0 Å². The highest BCUT2D eigenvalue weighted by Crippen LogP contribution is 2.27. The molecule has 0 radical (unpaired) electrons. The number of thiazole rings is 1. The van der Waals surface area contributed by atoms with Gasteiger partial charge in [0.15, 0.2) is 27.3 Å². The van der Waals surface area contributed by atoms with Crippen molar-refractivity contribution in [2.45, 2.75) is 29.6 Å². The lowest BCUT2D eigenvalue weighted by atomic mass is 10.1. The number of hydrogen-bond donors (Lipinski definition) is 1. The number of fused-ring (bicyclic) bond motifs is 1. The van der Waals surface area contributed by atoms with Crippen molar-refractivity contribution in [2.24, 2.45) is 12.2 Å². The summed E-state index contributed by atoms with van der Waals surface area (Å²) in [5.41, 5.74) is 1.55. The first-order valence-corrected chi connectivity index (χ1v) is 16.0. The van der Waals surface area contributed by atoms with Crippen molar-refractivity contribution in [3.8, 4) is 5.88 Å². The van der Waals surface area contributed by atoms with Crippen LogP contribution < -0.4 is 10.1 Å². The van der Waals surface area contributed by atoms with E-state index in [-0.39, 0.29) is 23.8 Å². The summed E-state index contributed by atoms with van der Waals surface area (Å²) >= 11 is 1.20. The van der Waals surface area contributed by atoms with Crippen LogP contribution in [0, 0.1) is 0 Å². The molecule has 1 aliphatic rings. The monoisotopic (exact) mass is 627 g/mol. The molecule has 0 bridgehead atoms. The van der Waals surface area contributed by atoms with Crippen molar-refractivity contribution in [1.82, 2.24) is 24.6 Å². The minimum absolute atomic E-state index is 0.0359. The minimum Gasteiger partial charge on any atom is -0.478 e. The molecule has 1 saturated heterocycles. The van der Waals surface area contributed by atoms with Gasteiger partial charge in [0.2, 0.25) is 5.88 Å². The molecule has 0 aliphatic carbocycles. The van der Waals surface area contributed by atoms with Gasteiger partial charge in [-0.05, 0) is 51.2 Å². The average Bonchev–Trinajstić information content (AvgIpc) is 3.75. The highest BCUT2D eigenvalue weighted by Gasteiger charge is 2.31. The van der Waals surface area contributed by atoms with Gasteiger partial charge in [-0.2, -0.15) is 5.10 Å². The Bertz CT molecular complexity index is 1690. The van der Waals surface area contributed by atoms with Crippen LogP contribution in [0.3, 0.4) is 0 Å². The van der Waals surface area contributed by atoms with Crippen molar-refractivity contribution in [3.05, 3.63) is 59.9 Å². The molecule has 0 spiro atoms. The molecule has 3 aromatic heterocycles. The maximum absolute atomic E-state index is 13.5. The third-order valence-corrected chi connectivity index (χ3v) is 9.64. The number of benzene rings is 1. The summed E-state index contributed by atoms with van der Waals surface area (Å²) in [7, 11) is 2.23. The predicted octanol–water partition coefficient (Wildman–Crippen LogP) is 2.88. The van der Waals surface area contributed by atoms with Crippen LogP contribution >= 0.6 is 11.3 Å². The Labute approximate surface area is 253 Å². The minimum atomic E-state index is -3.57. The standard InChI is InChI=1S/C28H33N7O6S2/c1-34(2)13-4-15-40-24-10-9-23-27(30-24)42-28(29-23)31-26(36)25(33-41-17-20-11-14-35(3)32-20)19-5-7-21(8-6-19)43(37,38)22-12-16-39-18-22/h5-11,14,22H,4,12-13,15-18H2,1-3H3,(H,29,31,36)/t22-/m0/s1. The molecule has 1 aromatic carbocycles. The van der Waals surface area contributed by atoms with Crippen molar-refractivity contribution >= 4 is 48.3 Å². The number of ether oxygens (including phenoxy) is 2. The van der Waals surface area contributed by atoms with Crippen molar-refractivity contribution in [1.29, 1.82) is 0 Å². The lowest BCUT2D eigenvalue weighted by molar-refractivity contribution is -0.110. The summed E-state index contributed by atoms with van der Waals surface area (Å²) in [5, 5.41) is 10.9. The molecule has 0 saturated carbocycles. The molecule has 1 fully saturated rings. The van der Waals surface area contributed by atoms with Crippen molar-refractivity contribution < 1.29 is 27.5 Å². The van der Waals surface area contributed by atoms with E-state index in [2.05, 4.69) is 30.4 Å². The first-order valence-electron chi connectivity index (χ1n) is 13.7. The van der Waals surface area contributed by atoms with Gasteiger partial charge in [0.05, 0.1) is 23.4 Å². The number of aromatic nitrogens is 4. The fourth-order valence-corrected chi connectivity index (χ4v) is 6.74. The Morgan fingerprint density at radius 1 is 1.19 bits per heavy atom. The summed E-state index contributed by atoms with van der Waals surface area (Å²) in [6.07, 6.45) is 3.08. The third kappa shape index (κ3) is 7.73. The highest BCUT2D eigenvalue weighted by atomic mass is 32.2. The topological polar surface area (TPSA) is 150 Å². The van der Waals surface area contributed by atoms with E-state index in [1.807, 2.05) is 14.1 Å². The van der Waals surface area contributed by atoms with E-state index in [4.69, 9.17) is 14.3 Å². The molecule has 13 nitrogen and oxygen atoms in total. The van der Waals surface area contributed by atoms with Crippen LogP contribution in [-0.2, 0) is 37.9 Å². The fourth-order valence-electron chi connectivity index (χ4n) is 4.33. The number of hydrogen-bond acceptors (Lipinski definition) is 12. The number of sulfone groups is 1. The van der Waals surface area contributed by atoms with Gasteiger partial charge in [-0.3, -0.25) is 14.8 Å². The first-order chi connectivity index (χ1) is 20.7. The van der Waals surface area contributed by atoms with Crippen molar-refractivity contribution in [2.75, 3.05) is 45.8 Å². The zero-order valence-electron chi connectivity index (χ0n) is 24.1. The zero-order valence-corrected chi connectivity index (χ0v) is 25.7. The van der Waals surface area contributed by atoms with Gasteiger partial charge in [0.1, 0.15) is 16.0 Å². The quantitative estimate of drug-likeness (QED) is 0.133. The molecule has 228 valence electrons. The number of aryl methyl sites for hydroxylation is 1. The second-order valence-electron chi connectivity index (χ2n) is 10.2. The number of rotatable bonds is 13. The maximum atomic E-state index is 13.5. The van der Waals surface area contributed by atoms with Crippen LogP contribution in [0.25, 0.3) is 10.3 Å². The maximum Gasteiger partial charge on any atom is 0.280 e. The van der Waals surface area contributed by atoms with E-state index in [0.717, 1.165) is 13.0 Å². The predicted molar refractivity (Wildman–Crippen MR) is 162 cm³/mol. The van der Waals surface area contributed by atoms with E-state index >= 15 is 0 Å². The Balaban J connectivity index is 1.33. The fraction of sp³-hybridized carbons (Fsp3) is 0.393. The molecule has 0 unspecified atom stereocenters. The molecule has 1 atom stereocenters. The van der Waals surface area contributed by atoms with E-state index in [1.165, 1.54) is 35.6 Å². The van der Waals surface area contributed by atoms with Gasteiger partial charge in [-0.1, -0.05) is 28.6 Å². The summed E-state index contributed by atoms with van der Waals surface area (Å²) in [5.74, 6) is -0.0998. The molecule has 4 heterocycles. The summed E-state index contributed by atoms with van der Waals surface area (Å²) < 4.78 is 38.6. The van der Waals surface area contributed by atoms with E-state index in [0.29, 0.717) is 52.3 Å². The third-order valence-electron chi connectivity index (χ3n) is 6.59. The molecule has 4 aromatic rings. The number of anilines is 1. The van der Waals surface area contributed by atoms with Gasteiger partial charge in [-0.25, -0.2) is 18.4 Å². The van der Waals surface area contributed by atoms with Crippen LogP contribution in [0.1, 0.15) is 24.1 Å². The summed E-state index contributed by atoms with van der Waals surface area (Å²) in [6, 6.07) is 11.3. The lowest BCUT2D eigenvalue weighted by Crippen LogP contribution is -2.25. The van der Waals surface area contributed by atoms with Crippen LogP contribution in [0.15, 0.2) is 58.7 Å². The number of nitrogens with zero attached hydrogens (tertiary/aromatic N) is 6. The van der Waals surface area contributed by atoms with Crippen LogP contribution in [-0.4, -0.2) is 90.4 Å². The molecule has 1 amide bonds. The lowest BCUT2D eigenvalue weighted by Gasteiger charge is -2.11. The largest absolute Gasteiger partial charge is 0.478 e. The Morgan fingerprint density at radius 2 is 2.00 bits per heavy atom. The van der Waals surface area contributed by atoms with Crippen LogP contribution in [0.5, 0.6) is 5.88 Å². The van der Waals surface area contributed by atoms with Gasteiger partial charge < -0.3 is 19.2 Å². The summed E-state index contributed by atoms with van der Waals surface area (Å²) in [4.78, 5) is 30.8. The van der Waals surface area contributed by atoms with E-state index in [9.17, 15) is 13.2 Å². The van der Waals surface area contributed by atoms with Gasteiger partial charge >= 0.3 is 0 Å². The molecule has 5 rings (SSSR count). The van der Waals surface area contributed by atoms with Gasteiger partial charge in [0.25, 0.3) is 5.91 Å². The second kappa shape index (κ2) is 13.6. The smallest absolute Gasteiger partial charge is 0.280 e. The molecule has 15 heteroatoms. The summed E-state index contributed by atoms with van der Waals surface area (Å²) in [6.45, 7) is 2.06. The molecule has 1 N–H and O–H groups in total. The number of nitrogens with one attached hydrogen (secondary N) is 1. The van der Waals surface area contributed by atoms with Crippen LogP contribution in [0.4, 0.5) is 5.13 Å².